The molecular formula is C39H37FN4O3S2. The van der Waals surface area contributed by atoms with Gasteiger partial charge in [0.25, 0.3) is 5.91 Å². The molecule has 6 heterocycles. The standard InChI is InChI=1S/C39H37FN4O3S2/c1-25-19-31(36(42-22-25)43-23-39(24-43)12-16-47-17-13-39)33(45)4-2-3-26-5-7-27(8-6-26)38(46)44-15-11-28-20-34(37-41-14-18-48-37)49-35(28)30-10-9-29(40)21-32(30)44/h5-10,14,18-22H,2-4,11-13,15-17,23-24H2,1H3. The molecule has 8 rings (SSSR count). The number of amides is 1. The van der Waals surface area contributed by atoms with Crippen molar-refractivity contribution in [2.45, 2.75) is 45.4 Å². The third-order valence-corrected chi connectivity index (χ3v) is 12.2. The van der Waals surface area contributed by atoms with Crippen LogP contribution in [0.25, 0.3) is 20.3 Å². The molecule has 5 aromatic rings. The van der Waals surface area contributed by atoms with E-state index in [1.54, 1.807) is 39.8 Å². The Kier molecular flexibility index (Phi) is 8.63. The first-order chi connectivity index (χ1) is 23.9. The van der Waals surface area contributed by atoms with Gasteiger partial charge in [0.1, 0.15) is 16.6 Å². The molecule has 2 saturated heterocycles. The number of pyridine rings is 1. The van der Waals surface area contributed by atoms with Gasteiger partial charge in [0, 0.05) is 78.5 Å². The Labute approximate surface area is 293 Å². The Bertz CT molecular complexity index is 2010. The molecule has 2 fully saturated rings. The molecule has 0 radical (unpaired) electrons. The first-order valence-corrected chi connectivity index (χ1v) is 18.6. The number of hydrogen-bond donors (Lipinski definition) is 0. The molecule has 0 saturated carbocycles. The van der Waals surface area contributed by atoms with Gasteiger partial charge in [-0.1, -0.05) is 12.1 Å². The number of carbonyl (C=O) groups is 2. The summed E-state index contributed by atoms with van der Waals surface area (Å²) in [4.78, 5) is 42.6. The van der Waals surface area contributed by atoms with Crippen LogP contribution in [0.1, 0.15) is 63.1 Å². The van der Waals surface area contributed by atoms with Gasteiger partial charge in [0.05, 0.1) is 16.1 Å². The fourth-order valence-electron chi connectivity index (χ4n) is 7.39. The van der Waals surface area contributed by atoms with E-state index in [1.807, 2.05) is 48.8 Å². The van der Waals surface area contributed by atoms with Crippen molar-refractivity contribution in [3.63, 3.8) is 0 Å². The quantitative estimate of drug-likeness (QED) is 0.152. The number of halogens is 1. The Hall–Kier alpha value is -4.25. The van der Waals surface area contributed by atoms with Crippen LogP contribution in [-0.2, 0) is 17.6 Å². The SMILES string of the molecule is Cc1cnc(N2CC3(CCOCC3)C2)c(C(=O)CCCc2ccc(C(=O)N3CCc4cc(-c5nccs5)sc4-c4ccc(F)cc43)cc2)c1. The number of hydrogen-bond acceptors (Lipinski definition) is 8. The summed E-state index contributed by atoms with van der Waals surface area (Å²) < 4.78 is 20.2. The fourth-order valence-corrected chi connectivity index (χ4v) is 9.34. The number of aryl methyl sites for hydroxylation is 2. The second kappa shape index (κ2) is 13.2. The molecule has 3 aromatic heterocycles. The number of anilines is 2. The summed E-state index contributed by atoms with van der Waals surface area (Å²) in [6.45, 7) is 5.91. The number of ether oxygens (including phenoxy) is 1. The molecule has 0 unspecified atom stereocenters. The number of thiophene rings is 1. The monoisotopic (exact) mass is 692 g/mol. The number of carbonyl (C=O) groups excluding carboxylic acids is 2. The van der Waals surface area contributed by atoms with Crippen LogP contribution < -0.4 is 9.80 Å². The predicted molar refractivity (Wildman–Crippen MR) is 194 cm³/mol. The maximum absolute atomic E-state index is 14.6. The highest BCUT2D eigenvalue weighted by atomic mass is 32.1. The van der Waals surface area contributed by atoms with E-state index in [0.29, 0.717) is 48.0 Å². The van der Waals surface area contributed by atoms with Crippen molar-refractivity contribution in [1.29, 1.82) is 0 Å². The summed E-state index contributed by atoms with van der Waals surface area (Å²) in [5.41, 5.74) is 6.21. The molecule has 1 spiro atoms. The molecule has 1 amide bonds. The molecule has 0 bridgehead atoms. The fraction of sp³-hybridized carbons (Fsp3) is 0.333. The smallest absolute Gasteiger partial charge is 0.258 e. The average Bonchev–Trinajstić information content (AvgIpc) is 3.76. The van der Waals surface area contributed by atoms with Gasteiger partial charge in [0.15, 0.2) is 5.78 Å². The minimum atomic E-state index is -0.372. The van der Waals surface area contributed by atoms with Crippen LogP contribution in [0.5, 0.6) is 0 Å². The number of nitrogens with zero attached hydrogens (tertiary/aromatic N) is 4. The maximum Gasteiger partial charge on any atom is 0.258 e. The number of aromatic nitrogens is 2. The lowest BCUT2D eigenvalue weighted by Gasteiger charge is -2.53. The third-order valence-electron chi connectivity index (χ3n) is 10.1. The van der Waals surface area contributed by atoms with Crippen LogP contribution in [0, 0.1) is 18.2 Å². The molecule has 0 atom stereocenters. The van der Waals surface area contributed by atoms with Crippen molar-refractivity contribution in [3.8, 4) is 20.3 Å². The molecule has 3 aliphatic rings. The van der Waals surface area contributed by atoms with Crippen molar-refractivity contribution >= 4 is 45.9 Å². The predicted octanol–water partition coefficient (Wildman–Crippen LogP) is 8.41. The van der Waals surface area contributed by atoms with E-state index < -0.39 is 0 Å². The summed E-state index contributed by atoms with van der Waals surface area (Å²) in [5, 5.41) is 2.93. The van der Waals surface area contributed by atoms with E-state index in [1.165, 1.54) is 12.1 Å². The average molecular weight is 693 g/mol. The van der Waals surface area contributed by atoms with Crippen molar-refractivity contribution in [1.82, 2.24) is 9.97 Å². The third kappa shape index (κ3) is 6.33. The zero-order valence-corrected chi connectivity index (χ0v) is 29.0. The molecular weight excluding hydrogens is 656 g/mol. The lowest BCUT2D eigenvalue weighted by atomic mass is 9.73. The van der Waals surface area contributed by atoms with E-state index in [2.05, 4.69) is 16.0 Å². The highest BCUT2D eigenvalue weighted by Crippen LogP contribution is 2.45. The van der Waals surface area contributed by atoms with Crippen LogP contribution in [0.3, 0.4) is 0 Å². The molecule has 49 heavy (non-hydrogen) atoms. The summed E-state index contributed by atoms with van der Waals surface area (Å²) >= 11 is 3.24. The summed E-state index contributed by atoms with van der Waals surface area (Å²) in [7, 11) is 0. The number of fused-ring (bicyclic) bond motifs is 3. The maximum atomic E-state index is 14.6. The van der Waals surface area contributed by atoms with Crippen molar-refractivity contribution < 1.29 is 18.7 Å². The molecule has 10 heteroatoms. The summed E-state index contributed by atoms with van der Waals surface area (Å²) in [6.07, 6.45) is 8.30. The van der Waals surface area contributed by atoms with E-state index in [0.717, 1.165) is 88.4 Å². The van der Waals surface area contributed by atoms with Gasteiger partial charge in [-0.15, -0.1) is 22.7 Å². The minimum Gasteiger partial charge on any atom is -0.381 e. The highest BCUT2D eigenvalue weighted by Gasteiger charge is 2.45. The number of ketones is 1. The van der Waals surface area contributed by atoms with Crippen LogP contribution in [0.15, 0.2) is 72.4 Å². The lowest BCUT2D eigenvalue weighted by Crippen LogP contribution is -2.59. The Morgan fingerprint density at radius 3 is 2.61 bits per heavy atom. The van der Waals surface area contributed by atoms with Crippen molar-refractivity contribution in [3.05, 3.63) is 106 Å². The van der Waals surface area contributed by atoms with Crippen LogP contribution >= 0.6 is 22.7 Å². The zero-order valence-electron chi connectivity index (χ0n) is 27.4. The topological polar surface area (TPSA) is 75.6 Å². The van der Waals surface area contributed by atoms with Crippen molar-refractivity contribution in [2.24, 2.45) is 5.41 Å². The zero-order chi connectivity index (χ0) is 33.5. The van der Waals surface area contributed by atoms with Crippen LogP contribution in [-0.4, -0.2) is 54.5 Å². The van der Waals surface area contributed by atoms with Gasteiger partial charge in [-0.25, -0.2) is 14.4 Å². The number of rotatable bonds is 8. The number of Topliss-reactive ketones (excluding diaryl/α,β-unsaturated/α-hetero) is 1. The molecule has 0 aliphatic carbocycles. The summed E-state index contributed by atoms with van der Waals surface area (Å²) in [5.74, 6) is 0.394. The first-order valence-electron chi connectivity index (χ1n) is 16.9. The Morgan fingerprint density at radius 1 is 1.02 bits per heavy atom. The lowest BCUT2D eigenvalue weighted by molar-refractivity contribution is -0.000515. The second-order valence-corrected chi connectivity index (χ2v) is 15.4. The van der Waals surface area contributed by atoms with E-state index in [4.69, 9.17) is 9.72 Å². The van der Waals surface area contributed by atoms with Gasteiger partial charge in [0.2, 0.25) is 0 Å². The van der Waals surface area contributed by atoms with Crippen LogP contribution in [0.4, 0.5) is 15.9 Å². The van der Waals surface area contributed by atoms with E-state index >= 15 is 0 Å². The first kappa shape index (κ1) is 32.0. The van der Waals surface area contributed by atoms with Crippen LogP contribution in [0.2, 0.25) is 0 Å². The minimum absolute atomic E-state index is 0.116. The van der Waals surface area contributed by atoms with Gasteiger partial charge < -0.3 is 14.5 Å². The van der Waals surface area contributed by atoms with Gasteiger partial charge >= 0.3 is 0 Å². The van der Waals surface area contributed by atoms with Gasteiger partial charge in [-0.2, -0.15) is 0 Å². The van der Waals surface area contributed by atoms with Gasteiger partial charge in [-0.05, 0) is 98.2 Å². The van der Waals surface area contributed by atoms with E-state index in [-0.39, 0.29) is 17.5 Å². The molecule has 2 aromatic carbocycles. The van der Waals surface area contributed by atoms with Gasteiger partial charge in [-0.3, -0.25) is 9.59 Å². The number of thiazole rings is 1. The Morgan fingerprint density at radius 2 is 1.84 bits per heavy atom. The number of benzene rings is 2. The van der Waals surface area contributed by atoms with Crippen molar-refractivity contribution in [2.75, 3.05) is 42.6 Å². The molecule has 7 nitrogen and oxygen atoms in total. The Balaban J connectivity index is 0.926. The second-order valence-electron chi connectivity index (χ2n) is 13.5. The summed E-state index contributed by atoms with van der Waals surface area (Å²) in [6, 6.07) is 16.5. The normalized spacial score (nSPS) is 16.5. The molecule has 3 aliphatic heterocycles. The molecule has 250 valence electrons. The largest absolute Gasteiger partial charge is 0.381 e. The highest BCUT2D eigenvalue weighted by molar-refractivity contribution is 7.23. The van der Waals surface area contributed by atoms with E-state index in [9.17, 15) is 14.0 Å². The molecule has 0 N–H and O–H groups in total.